The Morgan fingerprint density at radius 2 is 1.77 bits per heavy atom. The van der Waals surface area contributed by atoms with Gasteiger partial charge in [-0.15, -0.1) is 0 Å². The maximum absolute atomic E-state index is 13.7. The number of amides is 2. The molecule has 10 heteroatoms. The second-order valence-corrected chi connectivity index (χ2v) is 7.73. The Morgan fingerprint density at radius 3 is 2.48 bits per heavy atom. The highest BCUT2D eigenvalue weighted by Crippen LogP contribution is 2.23. The van der Waals surface area contributed by atoms with Crippen LogP contribution in [0.3, 0.4) is 0 Å². The SMILES string of the molecule is CC(C)(C)OC(=O)Nc1ccc(F)cc1NC(=O)Cn1c(=O)[nH]c2ccccc2c1=O. The number of anilines is 2. The number of hydrogen-bond donors (Lipinski definition) is 3. The smallest absolute Gasteiger partial charge is 0.412 e. The molecule has 162 valence electrons. The number of nitrogens with zero attached hydrogens (tertiary/aromatic N) is 1. The third-order valence-corrected chi connectivity index (χ3v) is 4.08. The lowest BCUT2D eigenvalue weighted by Gasteiger charge is -2.20. The molecule has 2 aromatic carbocycles. The largest absolute Gasteiger partial charge is 0.444 e. The molecule has 9 nitrogen and oxygen atoms in total. The number of rotatable bonds is 4. The lowest BCUT2D eigenvalue weighted by atomic mass is 10.2. The van der Waals surface area contributed by atoms with E-state index < -0.39 is 41.2 Å². The van der Waals surface area contributed by atoms with Gasteiger partial charge in [0.15, 0.2) is 0 Å². The van der Waals surface area contributed by atoms with E-state index in [1.54, 1.807) is 39.0 Å². The minimum absolute atomic E-state index is 0.0545. The first-order valence-corrected chi connectivity index (χ1v) is 9.35. The van der Waals surface area contributed by atoms with Crippen molar-refractivity contribution in [2.75, 3.05) is 10.6 Å². The number of H-pyrrole nitrogens is 1. The molecule has 0 aliphatic carbocycles. The molecular weight excluding hydrogens is 407 g/mol. The van der Waals surface area contributed by atoms with Crippen molar-refractivity contribution in [3.8, 4) is 0 Å². The zero-order chi connectivity index (χ0) is 22.8. The molecule has 0 saturated heterocycles. The Bertz CT molecular complexity index is 1270. The number of halogens is 1. The lowest BCUT2D eigenvalue weighted by Crippen LogP contribution is -2.38. The molecule has 0 radical (unpaired) electrons. The average molecular weight is 428 g/mol. The molecule has 0 fully saturated rings. The van der Waals surface area contributed by atoms with Crippen LogP contribution in [-0.2, 0) is 16.1 Å². The van der Waals surface area contributed by atoms with Crippen molar-refractivity contribution < 1.29 is 18.7 Å². The van der Waals surface area contributed by atoms with Gasteiger partial charge in [0.1, 0.15) is 18.0 Å². The number of para-hydroxylation sites is 1. The second-order valence-electron chi connectivity index (χ2n) is 7.73. The van der Waals surface area contributed by atoms with Crippen molar-refractivity contribution >= 4 is 34.3 Å². The number of nitrogens with one attached hydrogen (secondary N) is 3. The fourth-order valence-corrected chi connectivity index (χ4v) is 2.82. The summed E-state index contributed by atoms with van der Waals surface area (Å²) in [5.41, 5.74) is -1.77. The van der Waals surface area contributed by atoms with Crippen LogP contribution < -0.4 is 21.9 Å². The fraction of sp³-hybridized carbons (Fsp3) is 0.238. The Kier molecular flexibility index (Phi) is 5.91. The highest BCUT2D eigenvalue weighted by Gasteiger charge is 2.19. The summed E-state index contributed by atoms with van der Waals surface area (Å²) in [5, 5.41) is 5.08. The second kappa shape index (κ2) is 8.42. The van der Waals surface area contributed by atoms with Gasteiger partial charge >= 0.3 is 11.8 Å². The number of fused-ring (bicyclic) bond motifs is 1. The summed E-state index contributed by atoms with van der Waals surface area (Å²) in [6.45, 7) is 4.43. The van der Waals surface area contributed by atoms with Crippen LogP contribution in [0.4, 0.5) is 20.6 Å². The van der Waals surface area contributed by atoms with Gasteiger partial charge in [-0.05, 0) is 51.1 Å². The summed E-state index contributed by atoms with van der Waals surface area (Å²) in [5.74, 6) is -1.42. The van der Waals surface area contributed by atoms with Gasteiger partial charge in [-0.1, -0.05) is 12.1 Å². The van der Waals surface area contributed by atoms with Crippen LogP contribution in [0, 0.1) is 5.82 Å². The van der Waals surface area contributed by atoms with E-state index in [1.165, 1.54) is 12.1 Å². The Hall–Kier alpha value is -3.95. The zero-order valence-electron chi connectivity index (χ0n) is 17.1. The van der Waals surface area contributed by atoms with E-state index in [1.807, 2.05) is 0 Å². The molecule has 0 aliphatic rings. The Balaban J connectivity index is 1.84. The van der Waals surface area contributed by atoms with E-state index in [0.29, 0.717) is 5.52 Å². The number of carbonyl (C=O) groups is 2. The highest BCUT2D eigenvalue weighted by atomic mass is 19.1. The minimum Gasteiger partial charge on any atom is -0.444 e. The summed E-state index contributed by atoms with van der Waals surface area (Å²) >= 11 is 0. The molecule has 31 heavy (non-hydrogen) atoms. The number of ether oxygens (including phenoxy) is 1. The van der Waals surface area contributed by atoms with Crippen LogP contribution in [-0.4, -0.2) is 27.2 Å². The molecule has 0 saturated carbocycles. The van der Waals surface area contributed by atoms with E-state index in [4.69, 9.17) is 4.74 Å². The number of hydrogen-bond acceptors (Lipinski definition) is 5. The van der Waals surface area contributed by atoms with E-state index in [2.05, 4.69) is 15.6 Å². The van der Waals surface area contributed by atoms with Crippen LogP contribution in [0.5, 0.6) is 0 Å². The summed E-state index contributed by atoms with van der Waals surface area (Å²) in [6.07, 6.45) is -0.795. The number of aromatic amines is 1. The fourth-order valence-electron chi connectivity index (χ4n) is 2.82. The molecule has 0 spiro atoms. The number of carbonyl (C=O) groups excluding carboxylic acids is 2. The maximum atomic E-state index is 13.7. The highest BCUT2D eigenvalue weighted by molar-refractivity contribution is 5.97. The van der Waals surface area contributed by atoms with Gasteiger partial charge < -0.3 is 15.0 Å². The maximum Gasteiger partial charge on any atom is 0.412 e. The predicted molar refractivity (Wildman–Crippen MR) is 114 cm³/mol. The third kappa shape index (κ3) is 5.35. The summed E-state index contributed by atoms with van der Waals surface area (Å²) in [6, 6.07) is 9.75. The van der Waals surface area contributed by atoms with E-state index in [9.17, 15) is 23.6 Å². The molecule has 3 N–H and O–H groups in total. The topological polar surface area (TPSA) is 122 Å². The van der Waals surface area contributed by atoms with Gasteiger partial charge in [0.2, 0.25) is 5.91 Å². The van der Waals surface area contributed by atoms with Crippen LogP contribution >= 0.6 is 0 Å². The molecule has 1 heterocycles. The van der Waals surface area contributed by atoms with E-state index >= 15 is 0 Å². The minimum atomic E-state index is -0.795. The molecule has 0 atom stereocenters. The van der Waals surface area contributed by atoms with Crippen molar-refractivity contribution in [1.29, 1.82) is 0 Å². The van der Waals surface area contributed by atoms with Crippen molar-refractivity contribution in [3.63, 3.8) is 0 Å². The molecule has 3 aromatic rings. The molecule has 0 unspecified atom stereocenters. The quantitative estimate of drug-likeness (QED) is 0.590. The summed E-state index contributed by atoms with van der Waals surface area (Å²) in [4.78, 5) is 51.9. The lowest BCUT2D eigenvalue weighted by molar-refractivity contribution is -0.116. The van der Waals surface area contributed by atoms with Crippen molar-refractivity contribution in [2.45, 2.75) is 32.9 Å². The predicted octanol–water partition coefficient (Wildman–Crippen LogP) is 2.81. The molecule has 2 amide bonds. The Morgan fingerprint density at radius 1 is 1.06 bits per heavy atom. The monoisotopic (exact) mass is 428 g/mol. The first-order valence-electron chi connectivity index (χ1n) is 9.35. The van der Waals surface area contributed by atoms with Gasteiger partial charge in [-0.2, -0.15) is 0 Å². The van der Waals surface area contributed by atoms with Crippen LogP contribution in [0.1, 0.15) is 20.8 Å². The molecule has 1 aromatic heterocycles. The van der Waals surface area contributed by atoms with E-state index in [-0.39, 0.29) is 16.8 Å². The van der Waals surface area contributed by atoms with E-state index in [0.717, 1.165) is 16.7 Å². The van der Waals surface area contributed by atoms with Crippen LogP contribution in [0.2, 0.25) is 0 Å². The normalized spacial score (nSPS) is 11.2. The van der Waals surface area contributed by atoms with Gasteiger partial charge in [0.05, 0.1) is 22.3 Å². The van der Waals surface area contributed by atoms with Gasteiger partial charge in [-0.25, -0.2) is 14.0 Å². The molecular formula is C21H21FN4O5. The first kappa shape index (κ1) is 21.8. The van der Waals surface area contributed by atoms with Crippen LogP contribution in [0.15, 0.2) is 52.1 Å². The standard InChI is InChI=1S/C21H21FN4O5/c1-21(2,3)31-20(30)25-15-9-8-12(22)10-16(15)23-17(27)11-26-18(28)13-6-4-5-7-14(13)24-19(26)29/h4-10H,11H2,1-3H3,(H,23,27)(H,24,29)(H,25,30). The van der Waals surface area contributed by atoms with Gasteiger partial charge in [0.25, 0.3) is 5.56 Å². The molecule has 0 aliphatic heterocycles. The zero-order valence-corrected chi connectivity index (χ0v) is 17.1. The van der Waals surface area contributed by atoms with Gasteiger partial charge in [0, 0.05) is 0 Å². The molecule has 3 rings (SSSR count). The third-order valence-electron chi connectivity index (χ3n) is 4.08. The number of aromatic nitrogens is 2. The van der Waals surface area contributed by atoms with Crippen molar-refractivity contribution in [3.05, 3.63) is 69.1 Å². The number of benzene rings is 2. The van der Waals surface area contributed by atoms with Crippen molar-refractivity contribution in [1.82, 2.24) is 9.55 Å². The van der Waals surface area contributed by atoms with Gasteiger partial charge in [-0.3, -0.25) is 19.5 Å². The Labute approximate surface area is 175 Å². The average Bonchev–Trinajstić information content (AvgIpc) is 2.66. The summed E-state index contributed by atoms with van der Waals surface area (Å²) in [7, 11) is 0. The van der Waals surface area contributed by atoms with Crippen LogP contribution in [0.25, 0.3) is 10.9 Å². The van der Waals surface area contributed by atoms with Crippen molar-refractivity contribution in [2.24, 2.45) is 0 Å². The molecule has 0 bridgehead atoms. The summed E-state index contributed by atoms with van der Waals surface area (Å²) < 4.78 is 19.6. The first-order chi connectivity index (χ1) is 14.5.